The highest BCUT2D eigenvalue weighted by molar-refractivity contribution is 5.91. The van der Waals surface area contributed by atoms with E-state index in [0.29, 0.717) is 24.3 Å². The third-order valence-electron chi connectivity index (χ3n) is 8.11. The Balaban J connectivity index is 1.64. The second kappa shape index (κ2) is 6.24. The van der Waals surface area contributed by atoms with E-state index in [0.717, 1.165) is 48.6 Å². The van der Waals surface area contributed by atoms with Crippen LogP contribution in [0, 0.1) is 5.92 Å². The fourth-order valence-corrected chi connectivity index (χ4v) is 7.21. The Hall–Kier alpha value is -2.53. The van der Waals surface area contributed by atoms with Crippen LogP contribution in [0.25, 0.3) is 11.1 Å². The Kier molecular flexibility index (Phi) is 3.80. The minimum atomic E-state index is -0.379. The Labute approximate surface area is 176 Å². The number of carbonyl (C=O) groups is 1. The molecule has 5 nitrogen and oxygen atoms in total. The molecule has 0 N–H and O–H groups in total. The second-order valence-corrected chi connectivity index (χ2v) is 9.08. The average Bonchev–Trinajstić information content (AvgIpc) is 3.52. The van der Waals surface area contributed by atoms with E-state index in [2.05, 4.69) is 24.5 Å². The molecule has 0 saturated heterocycles. The molecule has 2 saturated carbocycles. The number of carbonyl (C=O) groups excluding carboxylic acids is 1. The van der Waals surface area contributed by atoms with E-state index in [-0.39, 0.29) is 17.3 Å². The van der Waals surface area contributed by atoms with Gasteiger partial charge < -0.3 is 13.9 Å². The van der Waals surface area contributed by atoms with Gasteiger partial charge in [0.25, 0.3) is 0 Å². The smallest absolute Gasteiger partial charge is 0.174 e. The summed E-state index contributed by atoms with van der Waals surface area (Å²) in [6, 6.07) is 4.48. The van der Waals surface area contributed by atoms with Crippen LogP contribution in [0.3, 0.4) is 0 Å². The van der Waals surface area contributed by atoms with Crippen LogP contribution in [0.2, 0.25) is 0 Å². The van der Waals surface area contributed by atoms with Crippen LogP contribution in [-0.2, 0) is 10.2 Å². The Morgan fingerprint density at radius 3 is 3.00 bits per heavy atom. The van der Waals surface area contributed by atoms with Gasteiger partial charge in [0, 0.05) is 41.5 Å². The molecule has 1 aromatic heterocycles. The number of rotatable bonds is 6. The average molecular weight is 405 g/mol. The standard InChI is InChI=1S/C25H27NO4/c1-4-9-26(5-2)22-16-12-25-17(22)6-7-18(27)24(25)30-23-19(28-3)11-15(20(16)21(23)25)14-8-10-29-13-14/h4,8,10-11,13,16-17,22,24H,1,5-7,9,12H2,2-3H3/t16?,17?,22?,24?,25-/m1/s1. The number of Topliss-reactive ketones (excluding diaryl/α,β-unsaturated/α-hetero) is 1. The van der Waals surface area contributed by atoms with Crippen molar-refractivity contribution < 1.29 is 18.7 Å². The Bertz CT molecular complexity index is 1040. The van der Waals surface area contributed by atoms with Crippen LogP contribution in [-0.4, -0.2) is 43.0 Å². The molecular formula is C25H27NO4. The molecule has 5 heteroatoms. The molecule has 6 rings (SSSR count). The van der Waals surface area contributed by atoms with Crippen molar-refractivity contribution in [1.29, 1.82) is 0 Å². The molecule has 156 valence electrons. The molecule has 3 aliphatic carbocycles. The van der Waals surface area contributed by atoms with Crippen molar-refractivity contribution in [1.82, 2.24) is 4.90 Å². The van der Waals surface area contributed by atoms with Crippen LogP contribution >= 0.6 is 0 Å². The van der Waals surface area contributed by atoms with E-state index in [1.807, 2.05) is 12.1 Å². The maximum absolute atomic E-state index is 13.1. The molecule has 0 amide bonds. The van der Waals surface area contributed by atoms with Crippen molar-refractivity contribution in [2.45, 2.75) is 49.7 Å². The molecule has 2 fully saturated rings. The highest BCUT2D eigenvalue weighted by Crippen LogP contribution is 2.73. The first-order valence-electron chi connectivity index (χ1n) is 11.0. The third kappa shape index (κ3) is 1.99. The maximum atomic E-state index is 13.1. The molecule has 1 aliphatic heterocycles. The molecule has 2 bridgehead atoms. The molecular weight excluding hydrogens is 378 g/mol. The second-order valence-electron chi connectivity index (χ2n) is 9.08. The first-order chi connectivity index (χ1) is 14.7. The summed E-state index contributed by atoms with van der Waals surface area (Å²) in [7, 11) is 1.68. The monoisotopic (exact) mass is 405 g/mol. The van der Waals surface area contributed by atoms with Crippen LogP contribution in [0.15, 0.2) is 41.7 Å². The van der Waals surface area contributed by atoms with Gasteiger partial charge in [0.2, 0.25) is 0 Å². The minimum absolute atomic E-state index is 0.225. The summed E-state index contributed by atoms with van der Waals surface area (Å²) < 4.78 is 17.6. The highest BCUT2D eigenvalue weighted by Gasteiger charge is 2.72. The molecule has 4 aliphatic rings. The lowest BCUT2D eigenvalue weighted by Gasteiger charge is -2.46. The van der Waals surface area contributed by atoms with Crippen molar-refractivity contribution in [2.75, 3.05) is 20.2 Å². The first-order valence-corrected chi connectivity index (χ1v) is 11.0. The van der Waals surface area contributed by atoms with Crippen molar-refractivity contribution in [3.8, 4) is 22.6 Å². The van der Waals surface area contributed by atoms with E-state index >= 15 is 0 Å². The fourth-order valence-electron chi connectivity index (χ4n) is 7.21. The number of likely N-dealkylation sites (N-methyl/N-ethyl adjacent to an activating group) is 1. The summed E-state index contributed by atoms with van der Waals surface area (Å²) in [5.41, 5.74) is 4.58. The lowest BCUT2D eigenvalue weighted by Crippen LogP contribution is -2.55. The number of nitrogens with zero attached hydrogens (tertiary/aromatic N) is 1. The van der Waals surface area contributed by atoms with Crippen LogP contribution < -0.4 is 9.47 Å². The number of hydrogen-bond donors (Lipinski definition) is 0. The number of methoxy groups -OCH3 is 1. The fraction of sp³-hybridized carbons (Fsp3) is 0.480. The molecule has 4 unspecified atom stereocenters. The van der Waals surface area contributed by atoms with Gasteiger partial charge in [-0.1, -0.05) is 13.0 Å². The lowest BCUT2D eigenvalue weighted by molar-refractivity contribution is -0.132. The van der Waals surface area contributed by atoms with Crippen molar-refractivity contribution >= 4 is 5.78 Å². The zero-order valence-corrected chi connectivity index (χ0v) is 17.5. The maximum Gasteiger partial charge on any atom is 0.174 e. The predicted molar refractivity (Wildman–Crippen MR) is 113 cm³/mol. The van der Waals surface area contributed by atoms with Crippen LogP contribution in [0.4, 0.5) is 0 Å². The van der Waals surface area contributed by atoms with Gasteiger partial charge in [-0.15, -0.1) is 6.58 Å². The summed E-state index contributed by atoms with van der Waals surface area (Å²) in [5.74, 6) is 2.56. The van der Waals surface area contributed by atoms with E-state index in [9.17, 15) is 4.79 Å². The number of hydrogen-bond acceptors (Lipinski definition) is 5. The molecule has 0 radical (unpaired) electrons. The first kappa shape index (κ1) is 18.3. The molecule has 2 heterocycles. The van der Waals surface area contributed by atoms with Gasteiger partial charge >= 0.3 is 0 Å². The predicted octanol–water partition coefficient (Wildman–Crippen LogP) is 4.31. The third-order valence-corrected chi connectivity index (χ3v) is 8.11. The van der Waals surface area contributed by atoms with Gasteiger partial charge in [0.05, 0.1) is 19.6 Å². The molecule has 1 spiro atoms. The number of fused-ring (bicyclic) bond motifs is 2. The zero-order valence-electron chi connectivity index (χ0n) is 17.5. The largest absolute Gasteiger partial charge is 0.493 e. The zero-order chi connectivity index (χ0) is 20.6. The number of ether oxygens (including phenoxy) is 2. The van der Waals surface area contributed by atoms with E-state index in [1.165, 1.54) is 11.1 Å². The Morgan fingerprint density at radius 2 is 2.30 bits per heavy atom. The molecule has 5 atom stereocenters. The topological polar surface area (TPSA) is 51.9 Å². The summed E-state index contributed by atoms with van der Waals surface area (Å²) in [6.07, 6.45) is 7.66. The van der Waals surface area contributed by atoms with Crippen molar-refractivity contribution in [3.63, 3.8) is 0 Å². The lowest BCUT2D eigenvalue weighted by atomic mass is 9.61. The van der Waals surface area contributed by atoms with E-state index in [1.54, 1.807) is 19.6 Å². The van der Waals surface area contributed by atoms with Gasteiger partial charge in [-0.2, -0.15) is 0 Å². The minimum Gasteiger partial charge on any atom is -0.493 e. The van der Waals surface area contributed by atoms with E-state index < -0.39 is 0 Å². The SMILES string of the molecule is C=CCN(CC)C1C2C[C@@]34c5c(c(OC)cc(-c6ccoc6)c52)OC3C(=O)CCC14. The van der Waals surface area contributed by atoms with Crippen LogP contribution in [0.1, 0.15) is 43.2 Å². The summed E-state index contributed by atoms with van der Waals surface area (Å²) >= 11 is 0. The van der Waals surface area contributed by atoms with Crippen molar-refractivity contribution in [2.24, 2.45) is 5.92 Å². The van der Waals surface area contributed by atoms with Gasteiger partial charge in [-0.25, -0.2) is 0 Å². The number of benzene rings is 1. The van der Waals surface area contributed by atoms with Crippen LogP contribution in [0.5, 0.6) is 11.5 Å². The van der Waals surface area contributed by atoms with Gasteiger partial charge in [-0.05, 0) is 48.6 Å². The summed E-state index contributed by atoms with van der Waals surface area (Å²) in [4.78, 5) is 15.6. The Morgan fingerprint density at radius 1 is 1.43 bits per heavy atom. The van der Waals surface area contributed by atoms with Gasteiger partial charge in [0.1, 0.15) is 0 Å². The molecule has 2 aromatic rings. The van der Waals surface area contributed by atoms with E-state index in [4.69, 9.17) is 13.9 Å². The number of ketones is 1. The highest BCUT2D eigenvalue weighted by atomic mass is 16.5. The van der Waals surface area contributed by atoms with Gasteiger partial charge in [-0.3, -0.25) is 9.69 Å². The quantitative estimate of drug-likeness (QED) is 0.671. The number of furan rings is 1. The van der Waals surface area contributed by atoms with Crippen molar-refractivity contribution in [3.05, 3.63) is 48.4 Å². The summed E-state index contributed by atoms with van der Waals surface area (Å²) in [6.45, 7) is 8.06. The molecule has 30 heavy (non-hydrogen) atoms. The normalized spacial score (nSPS) is 32.4. The van der Waals surface area contributed by atoms with Gasteiger partial charge in [0.15, 0.2) is 23.4 Å². The summed E-state index contributed by atoms with van der Waals surface area (Å²) in [5, 5.41) is 0. The molecule has 1 aromatic carbocycles.